The van der Waals surface area contributed by atoms with Crippen molar-refractivity contribution in [3.63, 3.8) is 0 Å². The fourth-order valence-corrected chi connectivity index (χ4v) is 3.23. The first kappa shape index (κ1) is 15.5. The molecule has 6 nitrogen and oxygen atoms in total. The average Bonchev–Trinajstić information content (AvgIpc) is 2.55. The van der Waals surface area contributed by atoms with Gasteiger partial charge in [0.1, 0.15) is 6.29 Å². The van der Waals surface area contributed by atoms with E-state index in [1.807, 2.05) is 19.1 Å². The van der Waals surface area contributed by atoms with Crippen molar-refractivity contribution in [3.8, 4) is 0 Å². The number of amides is 3. The minimum atomic E-state index is -0.358. The maximum atomic E-state index is 12.0. The molecule has 3 rings (SSSR count). The van der Waals surface area contributed by atoms with Gasteiger partial charge in [-0.3, -0.25) is 15.0 Å². The molecule has 6 heteroatoms. The number of hydrogen-bond donors (Lipinski definition) is 1. The Morgan fingerprint density at radius 1 is 1.17 bits per heavy atom. The highest BCUT2D eigenvalue weighted by atomic mass is 16.2. The molecule has 2 fully saturated rings. The smallest absolute Gasteiger partial charge is 0.328 e. The van der Waals surface area contributed by atoms with E-state index in [9.17, 15) is 14.4 Å². The molecular formula is C17H21N3O3. The molecule has 2 heterocycles. The Morgan fingerprint density at radius 2 is 1.91 bits per heavy atom. The molecule has 0 atom stereocenters. The molecule has 2 saturated heterocycles. The average molecular weight is 315 g/mol. The normalized spacial score (nSPS) is 19.7. The Morgan fingerprint density at radius 3 is 2.52 bits per heavy atom. The molecule has 1 aromatic rings. The van der Waals surface area contributed by atoms with Crippen LogP contribution in [0.15, 0.2) is 18.2 Å². The summed E-state index contributed by atoms with van der Waals surface area (Å²) in [6.45, 7) is 4.14. The highest BCUT2D eigenvalue weighted by Gasteiger charge is 2.26. The van der Waals surface area contributed by atoms with E-state index < -0.39 is 0 Å². The van der Waals surface area contributed by atoms with Gasteiger partial charge in [0.25, 0.3) is 0 Å². The number of imide groups is 1. The van der Waals surface area contributed by atoms with Gasteiger partial charge in [-0.15, -0.1) is 0 Å². The fraction of sp³-hybridized carbons (Fsp3) is 0.471. The predicted octanol–water partition coefficient (Wildman–Crippen LogP) is 1.86. The number of benzene rings is 1. The molecule has 0 aromatic heterocycles. The number of piperidine rings is 1. The second-order valence-corrected chi connectivity index (χ2v) is 6.19. The van der Waals surface area contributed by atoms with Gasteiger partial charge in [-0.05, 0) is 43.5 Å². The molecule has 0 spiro atoms. The van der Waals surface area contributed by atoms with Gasteiger partial charge in [-0.1, -0.05) is 0 Å². The van der Waals surface area contributed by atoms with Crippen LogP contribution in [0, 0.1) is 12.8 Å². The van der Waals surface area contributed by atoms with E-state index in [-0.39, 0.29) is 17.9 Å². The standard InChI is InChI=1S/C17H21N3O3/c1-12-10-14(19-7-4-13(11-21)5-8-19)2-3-15(12)20-9-6-16(22)18-17(20)23/h2-3,10-11,13H,4-9H2,1H3,(H,18,22,23). The molecule has 2 aliphatic rings. The van der Waals surface area contributed by atoms with Crippen molar-refractivity contribution < 1.29 is 14.4 Å². The van der Waals surface area contributed by atoms with Crippen molar-refractivity contribution in [1.82, 2.24) is 5.32 Å². The summed E-state index contributed by atoms with van der Waals surface area (Å²) in [7, 11) is 0. The molecule has 23 heavy (non-hydrogen) atoms. The summed E-state index contributed by atoms with van der Waals surface area (Å²) < 4.78 is 0. The molecule has 2 aliphatic heterocycles. The summed E-state index contributed by atoms with van der Waals surface area (Å²) in [5.74, 6) is -0.0419. The number of aryl methyl sites for hydroxylation is 1. The summed E-state index contributed by atoms with van der Waals surface area (Å²) in [6.07, 6.45) is 3.16. The van der Waals surface area contributed by atoms with Crippen molar-refractivity contribution in [2.45, 2.75) is 26.2 Å². The van der Waals surface area contributed by atoms with Gasteiger partial charge in [0.05, 0.1) is 0 Å². The Labute approximate surface area is 135 Å². The lowest BCUT2D eigenvalue weighted by atomic mass is 9.98. The fourth-order valence-electron chi connectivity index (χ4n) is 3.23. The van der Waals surface area contributed by atoms with Crippen LogP contribution in [0.5, 0.6) is 0 Å². The van der Waals surface area contributed by atoms with E-state index in [1.54, 1.807) is 4.90 Å². The van der Waals surface area contributed by atoms with Crippen LogP contribution in [-0.4, -0.2) is 37.9 Å². The van der Waals surface area contributed by atoms with Gasteiger partial charge < -0.3 is 9.69 Å². The first-order chi connectivity index (χ1) is 11.1. The number of anilines is 2. The van der Waals surface area contributed by atoms with Gasteiger partial charge in [0, 0.05) is 43.3 Å². The highest BCUT2D eigenvalue weighted by molar-refractivity contribution is 6.06. The van der Waals surface area contributed by atoms with Gasteiger partial charge in [-0.25, -0.2) is 4.79 Å². The minimum Gasteiger partial charge on any atom is -0.371 e. The largest absolute Gasteiger partial charge is 0.371 e. The molecule has 0 aliphatic carbocycles. The number of aldehydes is 1. The third-order valence-corrected chi connectivity index (χ3v) is 4.62. The number of carbonyl (C=O) groups excluding carboxylic acids is 3. The zero-order valence-electron chi connectivity index (χ0n) is 13.2. The second-order valence-electron chi connectivity index (χ2n) is 6.19. The first-order valence-electron chi connectivity index (χ1n) is 8.00. The molecule has 1 N–H and O–H groups in total. The molecule has 0 bridgehead atoms. The van der Waals surface area contributed by atoms with Crippen LogP contribution in [-0.2, 0) is 9.59 Å². The Balaban J connectivity index is 1.75. The van der Waals surface area contributed by atoms with Gasteiger partial charge >= 0.3 is 6.03 Å². The Bertz CT molecular complexity index is 636. The molecule has 3 amide bonds. The van der Waals surface area contributed by atoms with Gasteiger partial charge in [0.15, 0.2) is 0 Å². The van der Waals surface area contributed by atoms with Crippen molar-refractivity contribution in [2.24, 2.45) is 5.92 Å². The van der Waals surface area contributed by atoms with E-state index in [0.29, 0.717) is 13.0 Å². The van der Waals surface area contributed by atoms with Crippen molar-refractivity contribution >= 4 is 29.6 Å². The Hall–Kier alpha value is -2.37. The van der Waals surface area contributed by atoms with Crippen LogP contribution >= 0.6 is 0 Å². The Kier molecular flexibility index (Phi) is 4.32. The number of rotatable bonds is 3. The number of hydrogen-bond acceptors (Lipinski definition) is 4. The summed E-state index contributed by atoms with van der Waals surface area (Å²) >= 11 is 0. The number of nitrogens with one attached hydrogen (secondary N) is 1. The van der Waals surface area contributed by atoms with E-state index in [4.69, 9.17) is 0 Å². The zero-order chi connectivity index (χ0) is 16.4. The molecule has 0 radical (unpaired) electrons. The SMILES string of the molecule is Cc1cc(N2CCC(C=O)CC2)ccc1N1CCC(=O)NC1=O. The van der Waals surface area contributed by atoms with Crippen molar-refractivity contribution in [2.75, 3.05) is 29.4 Å². The molecule has 1 aromatic carbocycles. The summed E-state index contributed by atoms with van der Waals surface area (Å²) in [4.78, 5) is 38.0. The highest BCUT2D eigenvalue weighted by Crippen LogP contribution is 2.29. The van der Waals surface area contributed by atoms with Gasteiger partial charge in [-0.2, -0.15) is 0 Å². The second kappa shape index (κ2) is 6.40. The van der Waals surface area contributed by atoms with Crippen LogP contribution in [0.1, 0.15) is 24.8 Å². The van der Waals surface area contributed by atoms with Crippen LogP contribution < -0.4 is 15.1 Å². The predicted molar refractivity (Wildman–Crippen MR) is 87.7 cm³/mol. The molecule has 122 valence electrons. The van der Waals surface area contributed by atoms with E-state index in [2.05, 4.69) is 16.3 Å². The number of urea groups is 1. The first-order valence-corrected chi connectivity index (χ1v) is 8.00. The van der Waals surface area contributed by atoms with E-state index in [1.165, 1.54) is 0 Å². The van der Waals surface area contributed by atoms with Crippen molar-refractivity contribution in [1.29, 1.82) is 0 Å². The quantitative estimate of drug-likeness (QED) is 0.864. The lowest BCUT2D eigenvalue weighted by Crippen LogP contribution is -2.49. The molecular weight excluding hydrogens is 294 g/mol. The third-order valence-electron chi connectivity index (χ3n) is 4.62. The summed E-state index contributed by atoms with van der Waals surface area (Å²) in [6, 6.07) is 5.66. The van der Waals surface area contributed by atoms with Gasteiger partial charge in [0.2, 0.25) is 5.91 Å². The lowest BCUT2D eigenvalue weighted by Gasteiger charge is -2.33. The molecule has 0 saturated carbocycles. The summed E-state index contributed by atoms with van der Waals surface area (Å²) in [5.41, 5.74) is 2.95. The monoisotopic (exact) mass is 315 g/mol. The van der Waals surface area contributed by atoms with Crippen LogP contribution in [0.4, 0.5) is 16.2 Å². The zero-order valence-corrected chi connectivity index (χ0v) is 13.2. The minimum absolute atomic E-state index is 0.182. The summed E-state index contributed by atoms with van der Waals surface area (Å²) in [5, 5.41) is 2.35. The third kappa shape index (κ3) is 3.21. The van der Waals surface area contributed by atoms with Crippen LogP contribution in [0.25, 0.3) is 0 Å². The topological polar surface area (TPSA) is 69.7 Å². The van der Waals surface area contributed by atoms with Crippen molar-refractivity contribution in [3.05, 3.63) is 23.8 Å². The maximum Gasteiger partial charge on any atom is 0.328 e. The molecule has 0 unspecified atom stereocenters. The van der Waals surface area contributed by atoms with E-state index in [0.717, 1.165) is 49.2 Å². The number of carbonyl (C=O) groups is 3. The van der Waals surface area contributed by atoms with Crippen LogP contribution in [0.2, 0.25) is 0 Å². The van der Waals surface area contributed by atoms with E-state index >= 15 is 0 Å². The van der Waals surface area contributed by atoms with Crippen LogP contribution in [0.3, 0.4) is 0 Å². The lowest BCUT2D eigenvalue weighted by molar-refractivity contribution is -0.120. The maximum absolute atomic E-state index is 12.0. The number of nitrogens with zero attached hydrogens (tertiary/aromatic N) is 2.